The molecule has 0 aromatic heterocycles. The van der Waals surface area contributed by atoms with Crippen molar-refractivity contribution in [3.05, 3.63) is 0 Å². The van der Waals surface area contributed by atoms with Gasteiger partial charge in [-0.25, -0.2) is 0 Å². The highest BCUT2D eigenvalue weighted by Crippen LogP contribution is 2.30. The van der Waals surface area contributed by atoms with Crippen molar-refractivity contribution in [1.29, 1.82) is 0 Å². The first-order valence-corrected chi connectivity index (χ1v) is 7.62. The number of hydrogen-bond acceptors (Lipinski definition) is 2. The van der Waals surface area contributed by atoms with Gasteiger partial charge < -0.3 is 10.2 Å². The second-order valence-corrected chi connectivity index (χ2v) is 6.36. The summed E-state index contributed by atoms with van der Waals surface area (Å²) in [6, 6.07) is 1.61. The van der Waals surface area contributed by atoms with E-state index in [1.165, 1.54) is 51.6 Å². The summed E-state index contributed by atoms with van der Waals surface area (Å²) >= 11 is 0. The van der Waals surface area contributed by atoms with Crippen LogP contribution >= 0.6 is 0 Å². The highest BCUT2D eigenvalue weighted by molar-refractivity contribution is 4.84. The van der Waals surface area contributed by atoms with Crippen LogP contribution in [0, 0.1) is 11.8 Å². The molecule has 0 aromatic carbocycles. The van der Waals surface area contributed by atoms with Crippen LogP contribution in [0.3, 0.4) is 0 Å². The van der Waals surface area contributed by atoms with E-state index in [1.54, 1.807) is 0 Å². The molecule has 1 unspecified atom stereocenters. The maximum Gasteiger partial charge on any atom is 0.00954 e. The zero-order chi connectivity index (χ0) is 12.3. The molecule has 2 fully saturated rings. The van der Waals surface area contributed by atoms with Gasteiger partial charge in [-0.2, -0.15) is 0 Å². The molecule has 2 rings (SSSR count). The summed E-state index contributed by atoms with van der Waals surface area (Å²) in [5.41, 5.74) is 0. The summed E-state index contributed by atoms with van der Waals surface area (Å²) in [5.74, 6) is 1.88. The van der Waals surface area contributed by atoms with Crippen molar-refractivity contribution in [2.75, 3.05) is 20.1 Å². The number of nitrogens with one attached hydrogen (secondary N) is 1. The maximum atomic E-state index is 3.42. The molecule has 1 atom stereocenters. The smallest absolute Gasteiger partial charge is 0.00954 e. The number of nitrogens with zero attached hydrogens (tertiary/aromatic N) is 1. The molecule has 0 aromatic rings. The molecule has 1 heterocycles. The predicted octanol–water partition coefficient (Wildman–Crippen LogP) is 2.89. The molecular formula is C15H30N2. The van der Waals surface area contributed by atoms with E-state index in [-0.39, 0.29) is 0 Å². The molecule has 0 spiro atoms. The van der Waals surface area contributed by atoms with Gasteiger partial charge in [0, 0.05) is 12.1 Å². The minimum Gasteiger partial charge on any atom is -0.317 e. The van der Waals surface area contributed by atoms with E-state index in [0.29, 0.717) is 6.04 Å². The second kappa shape index (κ2) is 6.19. The van der Waals surface area contributed by atoms with E-state index in [4.69, 9.17) is 0 Å². The Morgan fingerprint density at radius 3 is 2.12 bits per heavy atom. The van der Waals surface area contributed by atoms with Gasteiger partial charge in [-0.05, 0) is 77.4 Å². The van der Waals surface area contributed by atoms with Crippen LogP contribution in [0.4, 0.5) is 0 Å². The lowest BCUT2D eigenvalue weighted by molar-refractivity contribution is 0.0888. The fraction of sp³-hybridized carbons (Fsp3) is 1.00. The normalized spacial score (nSPS) is 34.8. The van der Waals surface area contributed by atoms with Gasteiger partial charge in [-0.15, -0.1) is 0 Å². The standard InChI is InChI=1S/C15H30N2/c1-12-4-6-15(7-5-12)17-10-8-14(9-11-17)13(2)16-3/h12-16H,4-11H2,1-3H3. The first-order valence-electron chi connectivity index (χ1n) is 7.62. The van der Waals surface area contributed by atoms with Gasteiger partial charge in [0.1, 0.15) is 0 Å². The zero-order valence-electron chi connectivity index (χ0n) is 11.9. The van der Waals surface area contributed by atoms with Crippen LogP contribution in [0.15, 0.2) is 0 Å². The van der Waals surface area contributed by atoms with Crippen molar-refractivity contribution in [2.24, 2.45) is 11.8 Å². The molecule has 0 bridgehead atoms. The SMILES string of the molecule is CNC(C)C1CCN(C2CCC(C)CC2)CC1. The molecule has 1 aliphatic heterocycles. The van der Waals surface area contributed by atoms with Crippen molar-refractivity contribution in [3.63, 3.8) is 0 Å². The Balaban J connectivity index is 1.75. The lowest BCUT2D eigenvalue weighted by atomic mass is 9.84. The average Bonchev–Trinajstić information content (AvgIpc) is 2.39. The van der Waals surface area contributed by atoms with Gasteiger partial charge in [0.25, 0.3) is 0 Å². The summed E-state index contributed by atoms with van der Waals surface area (Å²) in [7, 11) is 2.10. The number of rotatable bonds is 3. The molecule has 0 radical (unpaired) electrons. The summed E-state index contributed by atoms with van der Waals surface area (Å²) in [5, 5.41) is 3.42. The van der Waals surface area contributed by atoms with Crippen LogP contribution in [0.5, 0.6) is 0 Å². The van der Waals surface area contributed by atoms with Crippen LogP contribution in [-0.2, 0) is 0 Å². The lowest BCUT2D eigenvalue weighted by Gasteiger charge is -2.41. The Labute approximate surface area is 107 Å². The van der Waals surface area contributed by atoms with E-state index in [2.05, 4.69) is 31.1 Å². The summed E-state index contributed by atoms with van der Waals surface area (Å²) in [6.45, 7) is 7.44. The minimum absolute atomic E-state index is 0.698. The van der Waals surface area contributed by atoms with E-state index >= 15 is 0 Å². The monoisotopic (exact) mass is 238 g/mol. The van der Waals surface area contributed by atoms with Gasteiger partial charge in [0.05, 0.1) is 0 Å². The molecule has 2 nitrogen and oxygen atoms in total. The minimum atomic E-state index is 0.698. The molecule has 2 aliphatic rings. The van der Waals surface area contributed by atoms with E-state index in [9.17, 15) is 0 Å². The van der Waals surface area contributed by atoms with Crippen LogP contribution in [-0.4, -0.2) is 37.1 Å². The van der Waals surface area contributed by atoms with Crippen LogP contribution in [0.2, 0.25) is 0 Å². The van der Waals surface area contributed by atoms with Gasteiger partial charge >= 0.3 is 0 Å². The second-order valence-electron chi connectivity index (χ2n) is 6.36. The zero-order valence-corrected chi connectivity index (χ0v) is 11.9. The van der Waals surface area contributed by atoms with Crippen molar-refractivity contribution in [3.8, 4) is 0 Å². The van der Waals surface area contributed by atoms with Gasteiger partial charge in [0.2, 0.25) is 0 Å². The molecule has 0 amide bonds. The van der Waals surface area contributed by atoms with Gasteiger partial charge in [-0.1, -0.05) is 6.92 Å². The first-order chi connectivity index (χ1) is 8.20. The fourth-order valence-corrected chi connectivity index (χ4v) is 3.63. The van der Waals surface area contributed by atoms with Crippen molar-refractivity contribution >= 4 is 0 Å². The molecule has 17 heavy (non-hydrogen) atoms. The Morgan fingerprint density at radius 2 is 1.59 bits per heavy atom. The fourth-order valence-electron chi connectivity index (χ4n) is 3.63. The van der Waals surface area contributed by atoms with E-state index in [0.717, 1.165) is 17.9 Å². The predicted molar refractivity (Wildman–Crippen MR) is 74.2 cm³/mol. The molecule has 1 aliphatic carbocycles. The Kier molecular flexibility index (Phi) is 4.87. The topological polar surface area (TPSA) is 15.3 Å². The third kappa shape index (κ3) is 3.45. The molecule has 100 valence electrons. The first kappa shape index (κ1) is 13.4. The molecule has 1 N–H and O–H groups in total. The Morgan fingerprint density at radius 1 is 1.00 bits per heavy atom. The van der Waals surface area contributed by atoms with Gasteiger partial charge in [-0.3, -0.25) is 0 Å². The molecule has 1 saturated heterocycles. The maximum absolute atomic E-state index is 3.42. The van der Waals surface area contributed by atoms with E-state index < -0.39 is 0 Å². The lowest BCUT2D eigenvalue weighted by Crippen LogP contribution is -2.46. The van der Waals surface area contributed by atoms with Crippen LogP contribution in [0.1, 0.15) is 52.4 Å². The molecule has 2 heteroatoms. The largest absolute Gasteiger partial charge is 0.317 e. The highest BCUT2D eigenvalue weighted by Gasteiger charge is 2.29. The third-order valence-electron chi connectivity index (χ3n) is 5.24. The number of hydrogen-bond donors (Lipinski definition) is 1. The summed E-state index contributed by atoms with van der Waals surface area (Å²) in [4.78, 5) is 2.78. The highest BCUT2D eigenvalue weighted by atomic mass is 15.2. The summed E-state index contributed by atoms with van der Waals surface area (Å²) < 4.78 is 0. The van der Waals surface area contributed by atoms with Crippen molar-refractivity contribution in [1.82, 2.24) is 10.2 Å². The molecular weight excluding hydrogens is 208 g/mol. The van der Waals surface area contributed by atoms with E-state index in [1.807, 2.05) is 0 Å². The Bertz CT molecular complexity index is 213. The third-order valence-corrected chi connectivity index (χ3v) is 5.24. The Hall–Kier alpha value is -0.0800. The van der Waals surface area contributed by atoms with Gasteiger partial charge in [0.15, 0.2) is 0 Å². The van der Waals surface area contributed by atoms with Crippen LogP contribution < -0.4 is 5.32 Å². The number of piperidine rings is 1. The van der Waals surface area contributed by atoms with Crippen molar-refractivity contribution < 1.29 is 0 Å². The van der Waals surface area contributed by atoms with Crippen LogP contribution in [0.25, 0.3) is 0 Å². The average molecular weight is 238 g/mol. The number of likely N-dealkylation sites (tertiary alicyclic amines) is 1. The summed E-state index contributed by atoms with van der Waals surface area (Å²) in [6.07, 6.45) is 8.61. The molecule has 1 saturated carbocycles. The van der Waals surface area contributed by atoms with Crippen molar-refractivity contribution in [2.45, 2.75) is 64.5 Å². The quantitative estimate of drug-likeness (QED) is 0.813.